The molecule has 2 saturated heterocycles. The van der Waals surface area contributed by atoms with Crippen molar-refractivity contribution in [3.8, 4) is 0 Å². The Morgan fingerprint density at radius 2 is 2.09 bits per heavy atom. The molecule has 0 amide bonds. The summed E-state index contributed by atoms with van der Waals surface area (Å²) in [7, 11) is 2.19. The van der Waals surface area contributed by atoms with Crippen LogP contribution < -0.4 is 0 Å². The van der Waals surface area contributed by atoms with Crippen molar-refractivity contribution in [1.29, 1.82) is 0 Å². The van der Waals surface area contributed by atoms with Gasteiger partial charge in [0, 0.05) is 44.4 Å². The van der Waals surface area contributed by atoms with Gasteiger partial charge in [0.05, 0.1) is 11.3 Å². The molecular weight excluding hydrogens is 280 g/mol. The van der Waals surface area contributed by atoms with Crippen LogP contribution in [0.15, 0.2) is 10.6 Å². The van der Waals surface area contributed by atoms with Crippen molar-refractivity contribution in [3.05, 3.63) is 17.5 Å². The highest BCUT2D eigenvalue weighted by Crippen LogP contribution is 2.36. The van der Waals surface area contributed by atoms with E-state index in [-0.39, 0.29) is 5.60 Å². The van der Waals surface area contributed by atoms with Crippen LogP contribution in [0.25, 0.3) is 0 Å². The monoisotopic (exact) mass is 308 g/mol. The summed E-state index contributed by atoms with van der Waals surface area (Å²) in [4.78, 5) is 2.40. The molecule has 1 atom stereocenters. The van der Waals surface area contributed by atoms with Crippen LogP contribution in [0, 0.1) is 0 Å². The smallest absolute Gasteiger partial charge is 0.139 e. The van der Waals surface area contributed by atoms with Gasteiger partial charge in [0.25, 0.3) is 0 Å². The average Bonchev–Trinajstić information content (AvgIpc) is 2.97. The molecule has 1 spiro atoms. The van der Waals surface area contributed by atoms with Gasteiger partial charge in [0.1, 0.15) is 5.76 Å². The fourth-order valence-corrected chi connectivity index (χ4v) is 3.53. The van der Waals surface area contributed by atoms with Gasteiger partial charge < -0.3 is 14.0 Å². The maximum atomic E-state index is 6.13. The molecule has 0 saturated carbocycles. The predicted molar refractivity (Wildman–Crippen MR) is 83.8 cm³/mol. The van der Waals surface area contributed by atoms with Crippen LogP contribution in [0.1, 0.15) is 56.9 Å². The minimum atomic E-state index is 0.0440. The van der Waals surface area contributed by atoms with Gasteiger partial charge in [-0.1, -0.05) is 19.0 Å². The first-order valence-corrected chi connectivity index (χ1v) is 8.45. The second kappa shape index (κ2) is 6.69. The van der Waals surface area contributed by atoms with Crippen LogP contribution in [0.5, 0.6) is 0 Å². The Kier molecular flexibility index (Phi) is 4.85. The van der Waals surface area contributed by atoms with Gasteiger partial charge in [-0.25, -0.2) is 0 Å². The van der Waals surface area contributed by atoms with Crippen molar-refractivity contribution in [2.75, 3.05) is 26.9 Å². The summed E-state index contributed by atoms with van der Waals surface area (Å²) in [6, 6.07) is 2.64. The van der Waals surface area contributed by atoms with Gasteiger partial charge in [-0.15, -0.1) is 0 Å². The van der Waals surface area contributed by atoms with E-state index in [4.69, 9.17) is 14.0 Å². The average molecular weight is 308 g/mol. The Hall–Kier alpha value is -0.910. The molecule has 1 aromatic rings. The van der Waals surface area contributed by atoms with E-state index in [1.807, 2.05) is 0 Å². The fraction of sp³-hybridized carbons (Fsp3) is 0.824. The quantitative estimate of drug-likeness (QED) is 0.856. The molecule has 1 aromatic heterocycles. The topological polar surface area (TPSA) is 47.7 Å². The van der Waals surface area contributed by atoms with Gasteiger partial charge >= 0.3 is 0 Å². The molecule has 3 heterocycles. The summed E-state index contributed by atoms with van der Waals surface area (Å²) >= 11 is 0. The Morgan fingerprint density at radius 3 is 2.77 bits per heavy atom. The lowest BCUT2D eigenvalue weighted by molar-refractivity contribution is -0.150. The van der Waals surface area contributed by atoms with Gasteiger partial charge in [-0.3, -0.25) is 4.90 Å². The van der Waals surface area contributed by atoms with E-state index in [9.17, 15) is 0 Å². The highest BCUT2D eigenvalue weighted by Gasteiger charge is 2.40. The highest BCUT2D eigenvalue weighted by atomic mass is 16.5. The third kappa shape index (κ3) is 3.53. The van der Waals surface area contributed by atoms with Gasteiger partial charge in [0.2, 0.25) is 0 Å². The molecule has 2 aliphatic heterocycles. The number of hydrogen-bond acceptors (Lipinski definition) is 5. The second-order valence-corrected chi connectivity index (χ2v) is 7.08. The molecule has 0 radical (unpaired) electrons. The second-order valence-electron chi connectivity index (χ2n) is 7.08. The van der Waals surface area contributed by atoms with E-state index in [0.717, 1.165) is 63.5 Å². The molecule has 22 heavy (non-hydrogen) atoms. The van der Waals surface area contributed by atoms with Crippen molar-refractivity contribution in [2.45, 2.75) is 63.6 Å². The van der Waals surface area contributed by atoms with Crippen LogP contribution >= 0.6 is 0 Å². The van der Waals surface area contributed by atoms with E-state index in [1.54, 1.807) is 0 Å². The predicted octanol–water partition coefficient (Wildman–Crippen LogP) is 2.96. The summed E-state index contributed by atoms with van der Waals surface area (Å²) in [6.07, 6.45) is 4.24. The molecule has 3 rings (SSSR count). The van der Waals surface area contributed by atoms with E-state index in [2.05, 4.69) is 37.0 Å². The third-order valence-corrected chi connectivity index (χ3v) is 5.05. The van der Waals surface area contributed by atoms with Crippen molar-refractivity contribution in [1.82, 2.24) is 10.1 Å². The van der Waals surface area contributed by atoms with Crippen molar-refractivity contribution < 1.29 is 14.0 Å². The number of aromatic nitrogens is 1. The molecule has 0 bridgehead atoms. The summed E-state index contributed by atoms with van der Waals surface area (Å²) in [5.74, 6) is 1.36. The molecule has 2 aliphatic rings. The zero-order valence-corrected chi connectivity index (χ0v) is 14.0. The van der Waals surface area contributed by atoms with Crippen LogP contribution in [-0.4, -0.2) is 48.6 Å². The molecular formula is C17H28N2O3. The maximum absolute atomic E-state index is 6.13. The molecule has 5 nitrogen and oxygen atoms in total. The normalized spacial score (nSPS) is 25.2. The number of rotatable bonds is 4. The van der Waals surface area contributed by atoms with E-state index >= 15 is 0 Å². The summed E-state index contributed by atoms with van der Waals surface area (Å²) < 4.78 is 17.0. The minimum Gasteiger partial charge on any atom is -0.381 e. The zero-order chi connectivity index (χ0) is 15.6. The third-order valence-electron chi connectivity index (χ3n) is 5.05. The number of ether oxygens (including phenoxy) is 2. The highest BCUT2D eigenvalue weighted by molar-refractivity contribution is 5.08. The molecule has 0 N–H and O–H groups in total. The largest absolute Gasteiger partial charge is 0.381 e. The number of hydrogen-bond donors (Lipinski definition) is 0. The van der Waals surface area contributed by atoms with Crippen molar-refractivity contribution in [2.24, 2.45) is 0 Å². The first-order chi connectivity index (χ1) is 10.6. The molecule has 5 heteroatoms. The first-order valence-electron chi connectivity index (χ1n) is 8.45. The van der Waals surface area contributed by atoms with Crippen LogP contribution in [0.3, 0.4) is 0 Å². The standard InChI is InChI=1S/C17H28N2O3/c1-13(2)16-10-14(18-22-16)12-19(3)15-4-7-21-17(11-15)5-8-20-9-6-17/h10,13,15H,4-9,11-12H2,1-3H3/t15-/m1/s1. The minimum absolute atomic E-state index is 0.0440. The van der Waals surface area contributed by atoms with E-state index in [0.29, 0.717) is 12.0 Å². The summed E-state index contributed by atoms with van der Waals surface area (Å²) in [5.41, 5.74) is 1.07. The Bertz CT molecular complexity index is 474. The van der Waals surface area contributed by atoms with Crippen LogP contribution in [-0.2, 0) is 16.0 Å². The Balaban J connectivity index is 1.60. The van der Waals surface area contributed by atoms with Crippen LogP contribution in [0.2, 0.25) is 0 Å². The van der Waals surface area contributed by atoms with Gasteiger partial charge in [0.15, 0.2) is 0 Å². The van der Waals surface area contributed by atoms with Gasteiger partial charge in [-0.2, -0.15) is 0 Å². The molecule has 0 aromatic carbocycles. The summed E-state index contributed by atoms with van der Waals surface area (Å²) in [5, 5.41) is 4.21. The zero-order valence-electron chi connectivity index (χ0n) is 14.0. The lowest BCUT2D eigenvalue weighted by Crippen LogP contribution is -2.50. The molecule has 0 aliphatic carbocycles. The number of nitrogens with zero attached hydrogens (tertiary/aromatic N) is 2. The van der Waals surface area contributed by atoms with E-state index in [1.165, 1.54) is 0 Å². The molecule has 2 fully saturated rings. The van der Waals surface area contributed by atoms with E-state index < -0.39 is 0 Å². The lowest BCUT2D eigenvalue weighted by Gasteiger charge is -2.45. The Morgan fingerprint density at radius 1 is 1.32 bits per heavy atom. The lowest BCUT2D eigenvalue weighted by atomic mass is 9.83. The molecule has 0 unspecified atom stereocenters. The Labute approximate surface area is 132 Å². The van der Waals surface area contributed by atoms with Crippen molar-refractivity contribution in [3.63, 3.8) is 0 Å². The summed E-state index contributed by atoms with van der Waals surface area (Å²) in [6.45, 7) is 7.61. The molecule has 124 valence electrons. The SMILES string of the molecule is CC(C)c1cc(CN(C)[C@@H]2CCOC3(CCOCC3)C2)no1. The fourth-order valence-electron chi connectivity index (χ4n) is 3.53. The van der Waals surface area contributed by atoms with Crippen LogP contribution in [0.4, 0.5) is 0 Å². The van der Waals surface area contributed by atoms with Gasteiger partial charge in [-0.05, 0) is 32.7 Å². The van der Waals surface area contributed by atoms with Crippen molar-refractivity contribution >= 4 is 0 Å². The maximum Gasteiger partial charge on any atom is 0.139 e. The first kappa shape index (κ1) is 16.0.